The number of benzene rings is 4. The fourth-order valence-electron chi connectivity index (χ4n) is 17.3. The summed E-state index contributed by atoms with van der Waals surface area (Å²) in [6.07, 6.45) is 27.6. The smallest absolute Gasteiger partial charge is 0.318 e. The monoisotopic (exact) mass is 1640 g/mol. The summed E-state index contributed by atoms with van der Waals surface area (Å²) in [5.41, 5.74) is 48.0. The molecule has 24 heteroatoms. The van der Waals surface area contributed by atoms with Crippen molar-refractivity contribution in [2.75, 3.05) is 129 Å². The van der Waals surface area contributed by atoms with Crippen LogP contribution in [0.1, 0.15) is 195 Å². The van der Waals surface area contributed by atoms with Crippen molar-refractivity contribution < 1.29 is 33.2 Å². The second-order valence-corrected chi connectivity index (χ2v) is 34.1. The molecule has 24 nitrogen and oxygen atoms in total. The van der Waals surface area contributed by atoms with Crippen LogP contribution in [0, 0.1) is 0 Å². The molecule has 17 rings (SSSR count). The van der Waals surface area contributed by atoms with Gasteiger partial charge in [0.15, 0.2) is 0 Å². The fourth-order valence-corrected chi connectivity index (χ4v) is 17.3. The third-order valence-electron chi connectivity index (χ3n) is 24.3. The average Bonchev–Trinajstić information content (AvgIpc) is 1.62. The van der Waals surface area contributed by atoms with Gasteiger partial charge in [0.1, 0.15) is 23.3 Å². The maximum absolute atomic E-state index is 6.19. The molecule has 9 aliphatic rings. The Hall–Kier alpha value is -9.76. The number of nitrogens with zero attached hydrogens (tertiary/aromatic N) is 13. The molecule has 644 valence electrons. The van der Waals surface area contributed by atoms with E-state index in [0.717, 1.165) is 226 Å². The number of unbranched alkanes of at least 4 members (excludes halogenated alkanes) is 4. The average molecular weight is 1650 g/mol. The van der Waals surface area contributed by atoms with Crippen LogP contribution in [0.5, 0.6) is 24.0 Å². The fraction of sp³-hybridized carbons (Fsp3) is 0.505. The van der Waals surface area contributed by atoms with Crippen molar-refractivity contribution in [3.05, 3.63) is 211 Å². The van der Waals surface area contributed by atoms with Gasteiger partial charge in [0.05, 0.1) is 80.2 Å². The molecule has 8 N–H and O–H groups in total. The first-order chi connectivity index (χ1) is 59.0. The summed E-state index contributed by atoms with van der Waals surface area (Å²) < 4.78 is 39.7. The van der Waals surface area contributed by atoms with E-state index in [4.69, 9.17) is 56.1 Å². The van der Waals surface area contributed by atoms with Crippen molar-refractivity contribution >= 4 is 45.6 Å². The van der Waals surface area contributed by atoms with Gasteiger partial charge in [0.25, 0.3) is 0 Å². The number of hydrogen-bond acceptors (Lipinski definition) is 24. The molecule has 4 aromatic heterocycles. The van der Waals surface area contributed by atoms with Gasteiger partial charge in [-0.1, -0.05) is 175 Å². The predicted octanol–water partition coefficient (Wildman–Crippen LogP) is 14.2. The molecule has 4 atom stereocenters. The van der Waals surface area contributed by atoms with Crippen molar-refractivity contribution in [1.82, 2.24) is 64.4 Å². The Labute approximate surface area is 717 Å². The molecule has 9 heterocycles. The van der Waals surface area contributed by atoms with Gasteiger partial charge in [-0.15, -0.1) is 0 Å². The standard InChI is InChI=1S/C25H35N5O.C25H34N4O2.C24H30N4O2.C23H30N4O2/c1-3-4-16-31-25-27-23-21(10-11-22(23)24(26)28-25)17-19-6-8-20(9-7-19)18-30-13-5-12-29(2)14-15-30;1-4-5-12-30-25-27-23-21(10-11-22(23)24(26)28-25)13-19-6-8-20(9-7-19)16-29-14-17(2)31-18(3)15-29;1-2-3-10-29-24-26-22-18(8-9-21(22)23(25)27-24)11-16-4-6-17(7-5-16)13-28-14-20-12-19(28)15-30-20;1-3-4-11-29-23-25-21-18(9-10-20(21)22(24)26-23)12-16-5-7-17(8-6-16)13-27-14-19(15-27)28-2/h6-10H,3-5,11-18H2,1-2H3,(H2,26,27,28);6-10,17-18H,4-5,11-16H2,1-3H3,(H2,26,27,28);4-8,19-20H,2-3,9-15H2,1H3,(H2,25,26,27);5-9,19H,3-4,10-15H2,1-2H3,(H2,24,25,26)/t;;19-,20-;/m..0./s1. The van der Waals surface area contributed by atoms with Gasteiger partial charge < -0.3 is 61.0 Å². The van der Waals surface area contributed by atoms with E-state index in [2.05, 4.69) is 234 Å². The second kappa shape index (κ2) is 42.8. The van der Waals surface area contributed by atoms with E-state index in [9.17, 15) is 0 Å². The number of fused-ring (bicyclic) bond motifs is 6. The summed E-state index contributed by atoms with van der Waals surface area (Å²) in [6, 6.07) is 38.0. The first-order valence-electron chi connectivity index (χ1n) is 44.6. The molecule has 0 saturated carbocycles. The highest BCUT2D eigenvalue weighted by Gasteiger charge is 2.39. The van der Waals surface area contributed by atoms with Gasteiger partial charge >= 0.3 is 24.0 Å². The topological polar surface area (TPSA) is 288 Å². The number of hydrogen-bond donors (Lipinski definition) is 4. The van der Waals surface area contributed by atoms with Gasteiger partial charge in [-0.25, -0.2) is 0 Å². The van der Waals surface area contributed by atoms with Crippen LogP contribution < -0.4 is 41.9 Å². The number of nitrogen functional groups attached to an aromatic ring is 4. The van der Waals surface area contributed by atoms with Crippen LogP contribution >= 0.6 is 0 Å². The number of anilines is 4. The van der Waals surface area contributed by atoms with Gasteiger partial charge in [0, 0.05) is 107 Å². The summed E-state index contributed by atoms with van der Waals surface area (Å²) in [6.45, 7) is 30.0. The normalized spacial score (nSPS) is 19.3. The van der Waals surface area contributed by atoms with Crippen molar-refractivity contribution in [2.24, 2.45) is 0 Å². The molecular formula is C97H129N17O7. The number of ether oxygens (including phenoxy) is 7. The number of morpholine rings is 2. The lowest BCUT2D eigenvalue weighted by molar-refractivity contribution is -0.0704. The minimum Gasteiger partial charge on any atom is -0.463 e. The summed E-state index contributed by atoms with van der Waals surface area (Å²) in [4.78, 5) is 48.4. The molecule has 0 spiro atoms. The molecule has 2 bridgehead atoms. The Bertz CT molecular complexity index is 4850. The van der Waals surface area contributed by atoms with Gasteiger partial charge in [-0.2, -0.15) is 39.9 Å². The molecule has 5 aliphatic heterocycles. The highest BCUT2D eigenvalue weighted by atomic mass is 16.5. The predicted molar refractivity (Wildman–Crippen MR) is 482 cm³/mol. The van der Waals surface area contributed by atoms with Crippen LogP contribution in [0.15, 0.2) is 121 Å². The third kappa shape index (κ3) is 23.9. The van der Waals surface area contributed by atoms with Crippen molar-refractivity contribution in [1.29, 1.82) is 0 Å². The summed E-state index contributed by atoms with van der Waals surface area (Å²) >= 11 is 0. The zero-order valence-corrected chi connectivity index (χ0v) is 72.9. The van der Waals surface area contributed by atoms with E-state index < -0.39 is 0 Å². The number of nitrogens with two attached hydrogens (primary N) is 4. The van der Waals surface area contributed by atoms with E-state index in [1.165, 1.54) is 92.7 Å². The zero-order chi connectivity index (χ0) is 84.1. The molecule has 4 aliphatic carbocycles. The molecule has 5 saturated heterocycles. The molecule has 5 fully saturated rings. The van der Waals surface area contributed by atoms with Crippen LogP contribution in [0.4, 0.5) is 23.3 Å². The van der Waals surface area contributed by atoms with Gasteiger partial charge in [-0.3, -0.25) is 19.6 Å². The maximum atomic E-state index is 6.19. The number of methoxy groups -OCH3 is 1. The van der Waals surface area contributed by atoms with E-state index in [1.54, 1.807) is 7.11 Å². The Kier molecular flexibility index (Phi) is 31.0. The number of aromatic nitrogens is 8. The second-order valence-electron chi connectivity index (χ2n) is 34.1. The van der Waals surface area contributed by atoms with Gasteiger partial charge in [-0.05, 0) is 191 Å². The lowest BCUT2D eigenvalue weighted by Crippen LogP contribution is -2.50. The van der Waals surface area contributed by atoms with E-state index in [-0.39, 0.29) is 0 Å². The molecule has 8 aromatic rings. The quantitative estimate of drug-likeness (QED) is 0.0278. The summed E-state index contributed by atoms with van der Waals surface area (Å²) in [5, 5.41) is 0. The molecule has 2 unspecified atom stereocenters. The Morgan fingerprint density at radius 1 is 0.388 bits per heavy atom. The van der Waals surface area contributed by atoms with Crippen molar-refractivity contribution in [2.45, 2.75) is 214 Å². The van der Waals surface area contributed by atoms with Crippen LogP contribution in [0.3, 0.4) is 0 Å². The maximum Gasteiger partial charge on any atom is 0.318 e. The van der Waals surface area contributed by atoms with Crippen LogP contribution in [0.2, 0.25) is 0 Å². The van der Waals surface area contributed by atoms with Crippen LogP contribution in [-0.4, -0.2) is 201 Å². The Morgan fingerprint density at radius 2 is 0.719 bits per heavy atom. The lowest BCUT2D eigenvalue weighted by Gasteiger charge is -2.38. The summed E-state index contributed by atoms with van der Waals surface area (Å²) in [7, 11) is 4.00. The van der Waals surface area contributed by atoms with Crippen molar-refractivity contribution in [3.63, 3.8) is 0 Å². The first-order valence-corrected chi connectivity index (χ1v) is 44.6. The number of likely N-dealkylation sites (tertiary alicyclic amines) is 2. The number of likely N-dealkylation sites (N-methyl/N-ethyl adjacent to an activating group) is 1. The molecule has 4 aromatic carbocycles. The molecule has 0 radical (unpaired) electrons. The minimum atomic E-state index is 0.294. The molecule has 0 amide bonds. The van der Waals surface area contributed by atoms with Gasteiger partial charge in [0.2, 0.25) is 0 Å². The molecule has 121 heavy (non-hydrogen) atoms. The summed E-state index contributed by atoms with van der Waals surface area (Å²) in [5.74, 6) is 2.15. The largest absolute Gasteiger partial charge is 0.463 e. The Balaban J connectivity index is 0.000000132. The van der Waals surface area contributed by atoms with Crippen LogP contribution in [-0.2, 0) is 91.8 Å². The van der Waals surface area contributed by atoms with E-state index in [1.807, 2.05) is 0 Å². The SMILES string of the molecule is CCCCOc1nc(N)c2c(n1)C(Cc1ccc(CN3CC(C)OC(C)C3)cc1)=CC2.CCCCOc1nc(N)c2c(n1)C(Cc1ccc(CN3CC(OC)C3)cc1)=CC2.CCCCOc1nc(N)c2c(n1)C(Cc1ccc(CN3CCCN(C)CC3)cc1)=CC2.CCCCOc1nc(N)c2c(n1)C(Cc1ccc(CN3C[C@@H]4C[C@H]3CO4)cc1)=CC2. The highest BCUT2D eigenvalue weighted by Crippen LogP contribution is 2.39. The number of rotatable bonds is 33. The Morgan fingerprint density at radius 3 is 1.04 bits per heavy atom. The minimum absolute atomic E-state index is 0.294. The third-order valence-corrected chi connectivity index (χ3v) is 24.3. The highest BCUT2D eigenvalue weighted by molar-refractivity contribution is 5.78. The molecular weight excluding hydrogens is 1520 g/mol. The van der Waals surface area contributed by atoms with Crippen LogP contribution in [0.25, 0.3) is 22.3 Å². The lowest BCUT2D eigenvalue weighted by atomic mass is 10.0. The first kappa shape index (κ1) is 87.6. The van der Waals surface area contributed by atoms with Crippen molar-refractivity contribution in [3.8, 4) is 24.0 Å². The van der Waals surface area contributed by atoms with E-state index in [0.29, 0.717) is 104 Å². The zero-order valence-electron chi connectivity index (χ0n) is 72.9. The number of allylic oxidation sites excluding steroid dienone is 8. The van der Waals surface area contributed by atoms with E-state index >= 15 is 0 Å².